The zero-order valence-corrected chi connectivity index (χ0v) is 13.7. The summed E-state index contributed by atoms with van der Waals surface area (Å²) in [5.74, 6) is -0.435. The molecule has 0 heterocycles. The minimum Gasteiger partial charge on any atom is -0.398 e. The average Bonchev–Trinajstić information content (AvgIpc) is 2.44. The molecule has 0 spiro atoms. The summed E-state index contributed by atoms with van der Waals surface area (Å²) in [4.78, 5) is 0.0713. The maximum Gasteiger partial charge on any atom is 0.243 e. The van der Waals surface area contributed by atoms with Crippen LogP contribution in [0.2, 0.25) is 0 Å². The number of rotatable bonds is 4. The molecule has 2 aromatic rings. The fraction of sp³-hybridized carbons (Fsp3) is 0.143. The number of hydrogen-bond donors (Lipinski definition) is 1. The Balaban J connectivity index is 2.30. The van der Waals surface area contributed by atoms with Crippen LogP contribution in [0.25, 0.3) is 0 Å². The molecular weight excluding hydrogens is 359 g/mol. The summed E-state index contributed by atoms with van der Waals surface area (Å²) in [6, 6.07) is 10.5. The Hall–Kier alpha value is -1.44. The number of halogens is 2. The van der Waals surface area contributed by atoms with Crippen molar-refractivity contribution in [2.24, 2.45) is 0 Å². The van der Waals surface area contributed by atoms with E-state index in [2.05, 4.69) is 15.9 Å². The monoisotopic (exact) mass is 372 g/mol. The van der Waals surface area contributed by atoms with Gasteiger partial charge < -0.3 is 5.73 Å². The molecule has 2 aromatic carbocycles. The molecule has 21 heavy (non-hydrogen) atoms. The summed E-state index contributed by atoms with van der Waals surface area (Å²) >= 11 is 3.21. The van der Waals surface area contributed by atoms with Crippen molar-refractivity contribution in [3.05, 3.63) is 58.3 Å². The van der Waals surface area contributed by atoms with Crippen molar-refractivity contribution in [1.29, 1.82) is 0 Å². The van der Waals surface area contributed by atoms with Crippen molar-refractivity contribution < 1.29 is 12.8 Å². The Morgan fingerprint density at radius 1 is 1.24 bits per heavy atom. The van der Waals surface area contributed by atoms with Crippen LogP contribution in [0.4, 0.5) is 10.1 Å². The van der Waals surface area contributed by atoms with E-state index < -0.39 is 15.8 Å². The quantitative estimate of drug-likeness (QED) is 0.839. The van der Waals surface area contributed by atoms with Gasteiger partial charge in [0.15, 0.2) is 0 Å². The maximum atomic E-state index is 13.6. The highest BCUT2D eigenvalue weighted by Gasteiger charge is 2.22. The lowest BCUT2D eigenvalue weighted by Crippen LogP contribution is -2.27. The van der Waals surface area contributed by atoms with Crippen LogP contribution in [0.15, 0.2) is 51.8 Å². The van der Waals surface area contributed by atoms with Crippen LogP contribution in [-0.4, -0.2) is 19.8 Å². The van der Waals surface area contributed by atoms with Gasteiger partial charge in [0, 0.05) is 29.3 Å². The van der Waals surface area contributed by atoms with Crippen LogP contribution in [0.5, 0.6) is 0 Å². The van der Waals surface area contributed by atoms with E-state index in [-0.39, 0.29) is 11.4 Å². The second kappa shape index (κ2) is 6.13. The second-order valence-corrected chi connectivity index (χ2v) is 7.44. The van der Waals surface area contributed by atoms with Gasteiger partial charge in [0.1, 0.15) is 5.82 Å². The number of nitrogens with zero attached hydrogens (tertiary/aromatic N) is 1. The number of sulfonamides is 1. The topological polar surface area (TPSA) is 63.4 Å². The van der Waals surface area contributed by atoms with Crippen LogP contribution < -0.4 is 5.73 Å². The van der Waals surface area contributed by atoms with Crippen molar-refractivity contribution in [3.8, 4) is 0 Å². The maximum absolute atomic E-state index is 13.6. The predicted molar refractivity (Wildman–Crippen MR) is 83.6 cm³/mol. The lowest BCUT2D eigenvalue weighted by atomic mass is 10.2. The Morgan fingerprint density at radius 2 is 1.90 bits per heavy atom. The molecule has 0 fully saturated rings. The van der Waals surface area contributed by atoms with E-state index in [1.165, 1.54) is 25.2 Å². The predicted octanol–water partition coefficient (Wildman–Crippen LogP) is 2.99. The smallest absolute Gasteiger partial charge is 0.243 e. The first kappa shape index (κ1) is 15.9. The molecule has 0 aromatic heterocycles. The number of hydrogen-bond acceptors (Lipinski definition) is 3. The van der Waals surface area contributed by atoms with E-state index in [1.54, 1.807) is 24.3 Å². The zero-order chi connectivity index (χ0) is 15.6. The summed E-state index contributed by atoms with van der Waals surface area (Å²) < 4.78 is 40.2. The van der Waals surface area contributed by atoms with Crippen LogP contribution in [0.3, 0.4) is 0 Å². The van der Waals surface area contributed by atoms with E-state index >= 15 is 0 Å². The molecule has 0 aliphatic heterocycles. The van der Waals surface area contributed by atoms with Crippen LogP contribution in [0.1, 0.15) is 5.56 Å². The Labute approximate surface area is 131 Å². The molecule has 2 N–H and O–H groups in total. The third-order valence-electron chi connectivity index (χ3n) is 3.03. The molecule has 112 valence electrons. The van der Waals surface area contributed by atoms with Gasteiger partial charge in [-0.15, -0.1) is 0 Å². The summed E-state index contributed by atoms with van der Waals surface area (Å²) in [7, 11) is -2.32. The largest absolute Gasteiger partial charge is 0.398 e. The van der Waals surface area contributed by atoms with Gasteiger partial charge in [-0.05, 0) is 40.2 Å². The van der Waals surface area contributed by atoms with Crippen LogP contribution >= 0.6 is 15.9 Å². The molecule has 7 heteroatoms. The summed E-state index contributed by atoms with van der Waals surface area (Å²) in [5.41, 5.74) is 6.35. The lowest BCUT2D eigenvalue weighted by Gasteiger charge is -2.18. The second-order valence-electron chi connectivity index (χ2n) is 4.54. The summed E-state index contributed by atoms with van der Waals surface area (Å²) in [6.45, 7) is -0.0506. The summed E-state index contributed by atoms with van der Waals surface area (Å²) in [6.07, 6.45) is 0. The van der Waals surface area contributed by atoms with Crippen molar-refractivity contribution in [3.63, 3.8) is 0 Å². The normalized spacial score (nSPS) is 11.8. The Morgan fingerprint density at radius 3 is 2.52 bits per heavy atom. The van der Waals surface area contributed by atoms with Crippen molar-refractivity contribution in [1.82, 2.24) is 4.31 Å². The number of nitrogens with two attached hydrogens (primary N) is 1. The highest BCUT2D eigenvalue weighted by atomic mass is 79.9. The third kappa shape index (κ3) is 3.42. The molecule has 4 nitrogen and oxygen atoms in total. The van der Waals surface area contributed by atoms with E-state index in [4.69, 9.17) is 5.73 Å². The van der Waals surface area contributed by atoms with E-state index in [1.807, 2.05) is 0 Å². The standard InChI is InChI=1S/C14H14BrFN2O2S/c1-18(9-10-4-2-3-5-13(10)16)21(19,20)11-6-7-12(15)14(17)8-11/h2-8H,9,17H2,1H3. The summed E-state index contributed by atoms with van der Waals surface area (Å²) in [5, 5.41) is 0. The number of benzene rings is 2. The van der Waals surface area contributed by atoms with Gasteiger partial charge in [0.05, 0.1) is 4.90 Å². The molecule has 0 bridgehead atoms. The van der Waals surface area contributed by atoms with Crippen molar-refractivity contribution >= 4 is 31.6 Å². The van der Waals surface area contributed by atoms with Crippen molar-refractivity contribution in [2.75, 3.05) is 12.8 Å². The molecule has 0 amide bonds. The van der Waals surface area contributed by atoms with Crippen LogP contribution in [0, 0.1) is 5.82 Å². The van der Waals surface area contributed by atoms with Crippen LogP contribution in [-0.2, 0) is 16.6 Å². The lowest BCUT2D eigenvalue weighted by molar-refractivity contribution is 0.456. The first-order valence-electron chi connectivity index (χ1n) is 6.07. The first-order valence-corrected chi connectivity index (χ1v) is 8.30. The van der Waals surface area contributed by atoms with E-state index in [0.29, 0.717) is 15.7 Å². The fourth-order valence-electron chi connectivity index (χ4n) is 1.81. The van der Waals surface area contributed by atoms with Gasteiger partial charge >= 0.3 is 0 Å². The van der Waals surface area contributed by atoms with E-state index in [0.717, 1.165) is 4.31 Å². The molecule has 0 aliphatic carbocycles. The minimum absolute atomic E-state index is 0.0506. The molecule has 0 unspecified atom stereocenters. The molecule has 0 radical (unpaired) electrons. The van der Waals surface area contributed by atoms with Gasteiger partial charge in [0.2, 0.25) is 10.0 Å². The molecule has 2 rings (SSSR count). The molecule has 0 saturated heterocycles. The third-order valence-corrected chi connectivity index (χ3v) is 5.55. The number of nitrogen functional groups attached to an aromatic ring is 1. The van der Waals surface area contributed by atoms with Gasteiger partial charge in [-0.3, -0.25) is 0 Å². The molecule has 0 atom stereocenters. The SMILES string of the molecule is CN(Cc1ccccc1F)S(=O)(=O)c1ccc(Br)c(N)c1. The minimum atomic E-state index is -3.73. The van der Waals surface area contributed by atoms with Gasteiger partial charge in [-0.2, -0.15) is 4.31 Å². The number of anilines is 1. The molecule has 0 aliphatic rings. The van der Waals surface area contributed by atoms with E-state index in [9.17, 15) is 12.8 Å². The van der Waals surface area contributed by atoms with Gasteiger partial charge in [-0.25, -0.2) is 12.8 Å². The average molecular weight is 373 g/mol. The molecule has 0 saturated carbocycles. The fourth-order valence-corrected chi connectivity index (χ4v) is 3.25. The Kier molecular flexibility index (Phi) is 4.65. The highest BCUT2D eigenvalue weighted by molar-refractivity contribution is 9.10. The Bertz CT molecular complexity index is 765. The first-order chi connectivity index (χ1) is 9.82. The van der Waals surface area contributed by atoms with Crippen molar-refractivity contribution in [2.45, 2.75) is 11.4 Å². The highest BCUT2D eigenvalue weighted by Crippen LogP contribution is 2.25. The molecular formula is C14H14BrFN2O2S. The zero-order valence-electron chi connectivity index (χ0n) is 11.3. The van der Waals surface area contributed by atoms with Gasteiger partial charge in [-0.1, -0.05) is 18.2 Å². The van der Waals surface area contributed by atoms with Gasteiger partial charge in [0.25, 0.3) is 0 Å².